The molecule has 0 fully saturated rings. The van der Waals surface area contributed by atoms with Gasteiger partial charge in [-0.05, 0) is 33.9 Å². The third-order valence-electron chi connectivity index (χ3n) is 3.16. The molecule has 0 aliphatic heterocycles. The van der Waals surface area contributed by atoms with E-state index >= 15 is 0 Å². The average molecular weight is 252 g/mol. The number of thioether (sulfide) groups is 1. The van der Waals surface area contributed by atoms with Crippen LogP contribution in [0.25, 0.3) is 21.5 Å². The fraction of sp³-hybridized carbons (Fsp3) is 0.0625. The van der Waals surface area contributed by atoms with Gasteiger partial charge in [0.15, 0.2) is 0 Å². The van der Waals surface area contributed by atoms with E-state index in [1.54, 1.807) is 0 Å². The number of hydrogen-bond donors (Lipinski definition) is 0. The van der Waals surface area contributed by atoms with Crippen LogP contribution in [0.1, 0.15) is 10.4 Å². The summed E-state index contributed by atoms with van der Waals surface area (Å²) < 4.78 is 0. The number of fused-ring (bicyclic) bond motifs is 2. The summed E-state index contributed by atoms with van der Waals surface area (Å²) in [6, 6.07) is 18.3. The van der Waals surface area contributed by atoms with E-state index in [9.17, 15) is 4.79 Å². The Labute approximate surface area is 110 Å². The van der Waals surface area contributed by atoms with Crippen molar-refractivity contribution < 1.29 is 4.79 Å². The zero-order chi connectivity index (χ0) is 12.5. The summed E-state index contributed by atoms with van der Waals surface area (Å²) in [7, 11) is 0. The van der Waals surface area contributed by atoms with Gasteiger partial charge in [-0.2, -0.15) is 0 Å². The Balaban J connectivity index is 2.53. The van der Waals surface area contributed by atoms with Crippen LogP contribution in [0.3, 0.4) is 0 Å². The molecule has 88 valence electrons. The van der Waals surface area contributed by atoms with E-state index in [4.69, 9.17) is 0 Å². The van der Waals surface area contributed by atoms with Crippen LogP contribution in [-0.2, 0) is 0 Å². The summed E-state index contributed by atoms with van der Waals surface area (Å²) in [5.74, 6) is 0. The lowest BCUT2D eigenvalue weighted by Crippen LogP contribution is -1.96. The predicted octanol–water partition coefficient (Wildman–Crippen LogP) is 4.50. The Morgan fingerprint density at radius 3 is 1.89 bits per heavy atom. The van der Waals surface area contributed by atoms with E-state index in [-0.39, 0.29) is 5.12 Å². The second kappa shape index (κ2) is 4.46. The van der Waals surface area contributed by atoms with Crippen LogP contribution in [0.2, 0.25) is 0 Å². The zero-order valence-corrected chi connectivity index (χ0v) is 10.8. The van der Waals surface area contributed by atoms with Crippen LogP contribution < -0.4 is 0 Å². The summed E-state index contributed by atoms with van der Waals surface area (Å²) in [5, 5.41) is 4.44. The Morgan fingerprint density at radius 1 is 0.889 bits per heavy atom. The smallest absolute Gasteiger partial charge is 0.220 e. The number of hydrogen-bond acceptors (Lipinski definition) is 2. The van der Waals surface area contributed by atoms with Gasteiger partial charge in [-0.3, -0.25) is 4.79 Å². The van der Waals surface area contributed by atoms with Crippen LogP contribution >= 0.6 is 11.8 Å². The molecule has 0 aromatic heterocycles. The van der Waals surface area contributed by atoms with Crippen molar-refractivity contribution in [3.8, 4) is 0 Å². The number of carbonyl (C=O) groups excluding carboxylic acids is 1. The van der Waals surface area contributed by atoms with Gasteiger partial charge in [-0.15, -0.1) is 0 Å². The molecule has 0 heterocycles. The standard InChI is InChI=1S/C16H12OS/c1-18-16(17)15-13-8-4-2-6-11(13)10-12-7-3-5-9-14(12)15/h2-10H,1H3. The van der Waals surface area contributed by atoms with Gasteiger partial charge in [0.05, 0.1) is 0 Å². The van der Waals surface area contributed by atoms with Crippen molar-refractivity contribution in [1.82, 2.24) is 0 Å². The van der Waals surface area contributed by atoms with Crippen LogP contribution in [0.5, 0.6) is 0 Å². The third-order valence-corrected chi connectivity index (χ3v) is 3.74. The van der Waals surface area contributed by atoms with E-state index in [1.165, 1.54) is 11.8 Å². The molecule has 1 nitrogen and oxygen atoms in total. The number of carbonyl (C=O) groups is 1. The fourth-order valence-corrected chi connectivity index (χ4v) is 2.76. The minimum atomic E-state index is 0.128. The first-order valence-electron chi connectivity index (χ1n) is 5.80. The van der Waals surface area contributed by atoms with Crippen molar-refractivity contribution in [3.63, 3.8) is 0 Å². The molecule has 0 unspecified atom stereocenters. The van der Waals surface area contributed by atoms with E-state index in [1.807, 2.05) is 42.7 Å². The maximum absolute atomic E-state index is 12.2. The summed E-state index contributed by atoms with van der Waals surface area (Å²) in [6.45, 7) is 0. The lowest BCUT2D eigenvalue weighted by Gasteiger charge is -2.09. The second-order valence-electron chi connectivity index (χ2n) is 4.19. The zero-order valence-electron chi connectivity index (χ0n) is 10.0. The highest BCUT2D eigenvalue weighted by Gasteiger charge is 2.13. The van der Waals surface area contributed by atoms with Crippen molar-refractivity contribution in [2.75, 3.05) is 6.26 Å². The molecule has 3 aromatic rings. The molecule has 3 aromatic carbocycles. The molecule has 0 aliphatic rings. The monoisotopic (exact) mass is 252 g/mol. The first kappa shape index (κ1) is 11.3. The first-order chi connectivity index (χ1) is 8.81. The molecular formula is C16H12OS. The average Bonchev–Trinajstić information content (AvgIpc) is 2.44. The van der Waals surface area contributed by atoms with Crippen molar-refractivity contribution >= 4 is 38.4 Å². The summed E-state index contributed by atoms with van der Waals surface area (Å²) in [6.07, 6.45) is 1.83. The highest BCUT2D eigenvalue weighted by atomic mass is 32.2. The molecule has 0 radical (unpaired) electrons. The molecule has 0 saturated heterocycles. The van der Waals surface area contributed by atoms with Crippen molar-refractivity contribution in [1.29, 1.82) is 0 Å². The van der Waals surface area contributed by atoms with Crippen molar-refractivity contribution in [2.24, 2.45) is 0 Å². The maximum Gasteiger partial charge on any atom is 0.220 e. The van der Waals surface area contributed by atoms with Gasteiger partial charge < -0.3 is 0 Å². The van der Waals surface area contributed by atoms with Crippen LogP contribution in [0.4, 0.5) is 0 Å². The molecule has 0 saturated carbocycles. The van der Waals surface area contributed by atoms with Crippen LogP contribution in [0.15, 0.2) is 54.6 Å². The highest BCUT2D eigenvalue weighted by Crippen LogP contribution is 2.30. The van der Waals surface area contributed by atoms with Gasteiger partial charge in [0.1, 0.15) is 0 Å². The van der Waals surface area contributed by atoms with E-state index in [0.29, 0.717) is 0 Å². The summed E-state index contributed by atoms with van der Waals surface area (Å²) in [5.41, 5.74) is 0.830. The van der Waals surface area contributed by atoms with Gasteiger partial charge in [-0.1, -0.05) is 60.3 Å². The Hall–Kier alpha value is -1.80. The molecule has 0 bridgehead atoms. The largest absolute Gasteiger partial charge is 0.282 e. The van der Waals surface area contributed by atoms with Crippen molar-refractivity contribution in [2.45, 2.75) is 0 Å². The molecule has 3 rings (SSSR count). The van der Waals surface area contributed by atoms with Gasteiger partial charge in [0.25, 0.3) is 0 Å². The fourth-order valence-electron chi connectivity index (χ4n) is 2.34. The topological polar surface area (TPSA) is 17.1 Å². The van der Waals surface area contributed by atoms with E-state index < -0.39 is 0 Å². The van der Waals surface area contributed by atoms with Gasteiger partial charge in [0.2, 0.25) is 5.12 Å². The highest BCUT2D eigenvalue weighted by molar-refractivity contribution is 8.13. The molecule has 0 spiro atoms. The van der Waals surface area contributed by atoms with Gasteiger partial charge in [0, 0.05) is 5.56 Å². The molecule has 2 heteroatoms. The SMILES string of the molecule is CSC(=O)c1c2ccccc2cc2ccccc12. The quantitative estimate of drug-likeness (QED) is 0.593. The Kier molecular flexibility index (Phi) is 2.80. The molecule has 0 aliphatic carbocycles. The Morgan fingerprint density at radius 2 is 1.39 bits per heavy atom. The molecular weight excluding hydrogens is 240 g/mol. The third kappa shape index (κ3) is 1.70. The Bertz CT molecular complexity index is 692. The summed E-state index contributed by atoms with van der Waals surface area (Å²) in [4.78, 5) is 12.2. The number of rotatable bonds is 1. The van der Waals surface area contributed by atoms with Crippen LogP contribution in [-0.4, -0.2) is 11.4 Å². The van der Waals surface area contributed by atoms with Crippen LogP contribution in [0, 0.1) is 0 Å². The first-order valence-corrected chi connectivity index (χ1v) is 7.02. The molecule has 0 amide bonds. The minimum absolute atomic E-state index is 0.128. The molecule has 0 atom stereocenters. The normalized spacial score (nSPS) is 10.9. The lowest BCUT2D eigenvalue weighted by atomic mass is 9.97. The predicted molar refractivity (Wildman–Crippen MR) is 79.3 cm³/mol. The minimum Gasteiger partial charge on any atom is -0.282 e. The van der Waals surface area contributed by atoms with Gasteiger partial charge >= 0.3 is 0 Å². The molecule has 0 N–H and O–H groups in total. The van der Waals surface area contributed by atoms with Crippen molar-refractivity contribution in [3.05, 3.63) is 60.2 Å². The summed E-state index contributed by atoms with van der Waals surface area (Å²) >= 11 is 1.27. The van der Waals surface area contributed by atoms with E-state index in [2.05, 4.69) is 18.2 Å². The van der Waals surface area contributed by atoms with Gasteiger partial charge in [-0.25, -0.2) is 0 Å². The second-order valence-corrected chi connectivity index (χ2v) is 4.96. The lowest BCUT2D eigenvalue weighted by molar-refractivity contribution is 0.109. The molecule has 18 heavy (non-hydrogen) atoms. The maximum atomic E-state index is 12.2. The van der Waals surface area contributed by atoms with E-state index in [0.717, 1.165) is 27.1 Å². The number of benzene rings is 3.